The number of rotatable bonds is 3. The fraction of sp³-hybridized carbons (Fsp3) is 0.200. The second-order valence-corrected chi connectivity index (χ2v) is 4.37. The zero-order valence-corrected chi connectivity index (χ0v) is 10.2. The molecule has 1 nitrogen and oxygen atoms in total. The van der Waals surface area contributed by atoms with Crippen LogP contribution in [0.5, 0.6) is 0 Å². The van der Waals surface area contributed by atoms with Crippen LogP contribution >= 0.6 is 0 Å². The minimum atomic E-state index is -2.81. The topological polar surface area (TPSA) is 26.0 Å². The molecule has 0 saturated heterocycles. The largest absolute Gasteiger partial charge is 0.326 e. The van der Waals surface area contributed by atoms with E-state index < -0.39 is 5.92 Å². The zero-order valence-electron chi connectivity index (χ0n) is 10.2. The van der Waals surface area contributed by atoms with Crippen LogP contribution in [0.4, 0.5) is 8.78 Å². The van der Waals surface area contributed by atoms with Gasteiger partial charge in [-0.3, -0.25) is 0 Å². The van der Waals surface area contributed by atoms with Gasteiger partial charge in [-0.2, -0.15) is 0 Å². The SMILES string of the molecule is CC(F)(F)c1cccc(-c2ccc(CN)cc2)c1. The predicted molar refractivity (Wildman–Crippen MR) is 69.3 cm³/mol. The summed E-state index contributed by atoms with van der Waals surface area (Å²) in [6.45, 7) is 1.39. The summed E-state index contributed by atoms with van der Waals surface area (Å²) in [5.41, 5.74) is 8.28. The smallest absolute Gasteiger partial charge is 0.270 e. The monoisotopic (exact) mass is 247 g/mol. The highest BCUT2D eigenvalue weighted by molar-refractivity contribution is 5.64. The average molecular weight is 247 g/mol. The van der Waals surface area contributed by atoms with E-state index in [-0.39, 0.29) is 5.56 Å². The summed E-state index contributed by atoms with van der Waals surface area (Å²) in [4.78, 5) is 0. The van der Waals surface area contributed by atoms with Gasteiger partial charge in [0.25, 0.3) is 5.92 Å². The quantitative estimate of drug-likeness (QED) is 0.874. The molecule has 0 radical (unpaired) electrons. The highest BCUT2D eigenvalue weighted by Crippen LogP contribution is 2.30. The van der Waals surface area contributed by atoms with Gasteiger partial charge in [-0.05, 0) is 22.8 Å². The van der Waals surface area contributed by atoms with Crippen LogP contribution in [-0.4, -0.2) is 0 Å². The minimum absolute atomic E-state index is 0.0305. The number of alkyl halides is 2. The lowest BCUT2D eigenvalue weighted by Gasteiger charge is -2.12. The summed E-state index contributed by atoms with van der Waals surface area (Å²) >= 11 is 0. The van der Waals surface area contributed by atoms with Crippen molar-refractivity contribution in [3.63, 3.8) is 0 Å². The molecule has 0 aliphatic carbocycles. The lowest BCUT2D eigenvalue weighted by Crippen LogP contribution is -2.06. The normalized spacial score (nSPS) is 11.6. The molecule has 0 unspecified atom stereocenters. The number of halogens is 2. The zero-order chi connectivity index (χ0) is 13.2. The van der Waals surface area contributed by atoms with Crippen LogP contribution in [0.2, 0.25) is 0 Å². The van der Waals surface area contributed by atoms with E-state index in [2.05, 4.69) is 0 Å². The summed E-state index contributed by atoms with van der Waals surface area (Å²) in [6.07, 6.45) is 0. The van der Waals surface area contributed by atoms with Gasteiger partial charge in [0.15, 0.2) is 0 Å². The molecule has 2 rings (SSSR count). The Morgan fingerprint density at radius 3 is 2.22 bits per heavy atom. The Labute approximate surface area is 105 Å². The number of nitrogens with two attached hydrogens (primary N) is 1. The summed E-state index contributed by atoms with van der Waals surface area (Å²) in [7, 11) is 0. The van der Waals surface area contributed by atoms with E-state index in [0.29, 0.717) is 6.54 Å². The molecule has 2 N–H and O–H groups in total. The van der Waals surface area contributed by atoms with Gasteiger partial charge in [0.05, 0.1) is 0 Å². The van der Waals surface area contributed by atoms with Crippen LogP contribution in [-0.2, 0) is 12.5 Å². The van der Waals surface area contributed by atoms with Crippen LogP contribution in [0.15, 0.2) is 48.5 Å². The molecule has 0 saturated carbocycles. The standard InChI is InChI=1S/C15H15F2N/c1-15(16,17)14-4-2-3-13(9-14)12-7-5-11(10-18)6-8-12/h2-9H,10,18H2,1H3. The molecule has 0 atom stereocenters. The Morgan fingerprint density at radius 2 is 1.67 bits per heavy atom. The third-order valence-corrected chi connectivity index (χ3v) is 2.89. The van der Waals surface area contributed by atoms with Crippen LogP contribution < -0.4 is 5.73 Å². The molecular formula is C15H15F2N. The maximum absolute atomic E-state index is 13.3. The maximum Gasteiger partial charge on any atom is 0.270 e. The van der Waals surface area contributed by atoms with E-state index in [9.17, 15) is 8.78 Å². The van der Waals surface area contributed by atoms with Crippen molar-refractivity contribution in [1.29, 1.82) is 0 Å². The van der Waals surface area contributed by atoms with Gasteiger partial charge in [0.1, 0.15) is 0 Å². The molecule has 0 fully saturated rings. The van der Waals surface area contributed by atoms with Crippen molar-refractivity contribution in [3.05, 3.63) is 59.7 Å². The molecule has 2 aromatic rings. The second kappa shape index (κ2) is 4.86. The number of hydrogen-bond donors (Lipinski definition) is 1. The molecule has 18 heavy (non-hydrogen) atoms. The number of hydrogen-bond acceptors (Lipinski definition) is 1. The van der Waals surface area contributed by atoms with Gasteiger partial charge in [-0.1, -0.05) is 42.5 Å². The Morgan fingerprint density at radius 1 is 1.00 bits per heavy atom. The van der Waals surface area contributed by atoms with E-state index >= 15 is 0 Å². The van der Waals surface area contributed by atoms with Gasteiger partial charge >= 0.3 is 0 Å². The molecule has 3 heteroatoms. The third-order valence-electron chi connectivity index (χ3n) is 2.89. The van der Waals surface area contributed by atoms with Crippen molar-refractivity contribution in [1.82, 2.24) is 0 Å². The summed E-state index contributed by atoms with van der Waals surface area (Å²) < 4.78 is 26.5. The Hall–Kier alpha value is -1.74. The fourth-order valence-electron chi connectivity index (χ4n) is 1.81. The van der Waals surface area contributed by atoms with Crippen LogP contribution in [0.3, 0.4) is 0 Å². The average Bonchev–Trinajstić information content (AvgIpc) is 2.38. The molecule has 94 valence electrons. The van der Waals surface area contributed by atoms with Crippen molar-refractivity contribution in [2.45, 2.75) is 19.4 Å². The van der Waals surface area contributed by atoms with Crippen molar-refractivity contribution in [2.75, 3.05) is 0 Å². The van der Waals surface area contributed by atoms with Crippen molar-refractivity contribution in [2.24, 2.45) is 5.73 Å². The van der Waals surface area contributed by atoms with Gasteiger partial charge < -0.3 is 5.73 Å². The van der Waals surface area contributed by atoms with Gasteiger partial charge in [0.2, 0.25) is 0 Å². The molecular weight excluding hydrogens is 232 g/mol. The first-order chi connectivity index (χ1) is 8.50. The first kappa shape index (κ1) is 12.7. The Bertz CT molecular complexity index is 527. The molecule has 0 aliphatic heterocycles. The molecule has 0 aliphatic rings. The van der Waals surface area contributed by atoms with Gasteiger partial charge in [-0.25, -0.2) is 8.78 Å². The van der Waals surface area contributed by atoms with E-state index in [1.165, 1.54) is 12.1 Å². The highest BCUT2D eigenvalue weighted by atomic mass is 19.3. The summed E-state index contributed by atoms with van der Waals surface area (Å²) in [5, 5.41) is 0. The molecule has 0 spiro atoms. The fourth-order valence-corrected chi connectivity index (χ4v) is 1.81. The van der Waals surface area contributed by atoms with Crippen LogP contribution in [0, 0.1) is 0 Å². The van der Waals surface area contributed by atoms with Crippen molar-refractivity contribution >= 4 is 0 Å². The van der Waals surface area contributed by atoms with E-state index in [4.69, 9.17) is 5.73 Å². The van der Waals surface area contributed by atoms with Crippen molar-refractivity contribution in [3.8, 4) is 11.1 Å². The highest BCUT2D eigenvalue weighted by Gasteiger charge is 2.24. The van der Waals surface area contributed by atoms with Gasteiger partial charge in [0, 0.05) is 19.0 Å². The van der Waals surface area contributed by atoms with E-state index in [1.54, 1.807) is 6.07 Å². The van der Waals surface area contributed by atoms with Crippen LogP contribution in [0.25, 0.3) is 11.1 Å². The first-order valence-corrected chi connectivity index (χ1v) is 5.78. The van der Waals surface area contributed by atoms with Crippen molar-refractivity contribution < 1.29 is 8.78 Å². The lowest BCUT2D eigenvalue weighted by molar-refractivity contribution is 0.0175. The first-order valence-electron chi connectivity index (χ1n) is 5.78. The molecule has 2 aromatic carbocycles. The summed E-state index contributed by atoms with van der Waals surface area (Å²) in [6, 6.07) is 14.1. The minimum Gasteiger partial charge on any atom is -0.326 e. The molecule has 0 heterocycles. The van der Waals surface area contributed by atoms with Gasteiger partial charge in [-0.15, -0.1) is 0 Å². The predicted octanol–water partition coefficient (Wildman–Crippen LogP) is 3.92. The van der Waals surface area contributed by atoms with Crippen LogP contribution in [0.1, 0.15) is 18.1 Å². The lowest BCUT2D eigenvalue weighted by atomic mass is 10.00. The van der Waals surface area contributed by atoms with E-state index in [0.717, 1.165) is 23.6 Å². The maximum atomic E-state index is 13.3. The Kier molecular flexibility index (Phi) is 3.43. The second-order valence-electron chi connectivity index (χ2n) is 4.37. The number of benzene rings is 2. The summed E-state index contributed by atoms with van der Waals surface area (Å²) in [5.74, 6) is -2.81. The molecule has 0 aromatic heterocycles. The third kappa shape index (κ3) is 2.74. The Balaban J connectivity index is 2.38. The van der Waals surface area contributed by atoms with E-state index in [1.807, 2.05) is 30.3 Å². The molecule has 0 amide bonds. The molecule has 0 bridgehead atoms.